The van der Waals surface area contributed by atoms with E-state index in [0.717, 1.165) is 0 Å². The minimum atomic E-state index is -3.35. The summed E-state index contributed by atoms with van der Waals surface area (Å²) in [6.07, 6.45) is 0. The zero-order chi connectivity index (χ0) is 12.3. The fraction of sp³-hybridized carbons (Fsp3) is 0.364. The fourth-order valence-electron chi connectivity index (χ4n) is 1.29. The van der Waals surface area contributed by atoms with Crippen LogP contribution in [0.4, 0.5) is 0 Å². The van der Waals surface area contributed by atoms with Gasteiger partial charge in [0.2, 0.25) is 0 Å². The summed E-state index contributed by atoms with van der Waals surface area (Å²) >= 11 is 5.74. The minimum Gasteiger partial charge on any atom is -0.293 e. The Kier molecular flexibility index (Phi) is 4.10. The van der Waals surface area contributed by atoms with Crippen molar-refractivity contribution < 1.29 is 13.2 Å². The van der Waals surface area contributed by atoms with Crippen molar-refractivity contribution in [2.24, 2.45) is 0 Å². The predicted octanol–water partition coefficient (Wildman–Crippen LogP) is 2.35. The molecule has 88 valence electrons. The molecule has 0 spiro atoms. The van der Waals surface area contributed by atoms with E-state index in [9.17, 15) is 13.2 Å². The normalized spacial score (nSPS) is 13.4. The highest BCUT2D eigenvalue weighted by molar-refractivity contribution is 7.92. The first-order chi connectivity index (χ1) is 7.38. The van der Waals surface area contributed by atoms with Crippen LogP contribution in [0.25, 0.3) is 0 Å². The van der Waals surface area contributed by atoms with E-state index in [2.05, 4.69) is 0 Å². The standard InChI is InChI=1S/C11H13ClO3S/c1-3-16(14,15)8(2)11(13)9-5-4-6-10(12)7-9/h4-8H,3H2,1-2H3. The van der Waals surface area contributed by atoms with Crippen LogP contribution < -0.4 is 0 Å². The lowest BCUT2D eigenvalue weighted by molar-refractivity contribution is 0.0991. The third-order valence-electron chi connectivity index (χ3n) is 2.42. The van der Waals surface area contributed by atoms with Crippen molar-refractivity contribution in [3.63, 3.8) is 0 Å². The first kappa shape index (κ1) is 13.2. The molecule has 1 unspecified atom stereocenters. The van der Waals surface area contributed by atoms with Crippen LogP contribution in [0, 0.1) is 0 Å². The van der Waals surface area contributed by atoms with Crippen LogP contribution >= 0.6 is 11.6 Å². The van der Waals surface area contributed by atoms with E-state index in [1.807, 2.05) is 0 Å². The van der Waals surface area contributed by atoms with Crippen molar-refractivity contribution in [2.45, 2.75) is 19.1 Å². The van der Waals surface area contributed by atoms with Gasteiger partial charge in [-0.15, -0.1) is 0 Å². The number of hydrogen-bond acceptors (Lipinski definition) is 3. The third kappa shape index (κ3) is 2.83. The molecule has 0 N–H and O–H groups in total. The molecule has 0 amide bonds. The maximum atomic E-state index is 11.9. The molecule has 1 rings (SSSR count). The Hall–Kier alpha value is -0.870. The molecule has 0 radical (unpaired) electrons. The summed E-state index contributed by atoms with van der Waals surface area (Å²) in [6.45, 7) is 2.93. The summed E-state index contributed by atoms with van der Waals surface area (Å²) in [5.41, 5.74) is 0.331. The van der Waals surface area contributed by atoms with Gasteiger partial charge in [-0.3, -0.25) is 4.79 Å². The summed E-state index contributed by atoms with van der Waals surface area (Å²) in [7, 11) is -3.35. The lowest BCUT2D eigenvalue weighted by Crippen LogP contribution is -2.28. The van der Waals surface area contributed by atoms with Gasteiger partial charge in [-0.05, 0) is 19.1 Å². The van der Waals surface area contributed by atoms with Crippen LogP contribution in [0.15, 0.2) is 24.3 Å². The average molecular weight is 261 g/mol. The zero-order valence-electron chi connectivity index (χ0n) is 9.10. The highest BCUT2D eigenvalue weighted by atomic mass is 35.5. The molecule has 3 nitrogen and oxygen atoms in total. The van der Waals surface area contributed by atoms with Gasteiger partial charge in [0.1, 0.15) is 5.25 Å². The number of carbonyl (C=O) groups is 1. The van der Waals surface area contributed by atoms with Gasteiger partial charge in [0, 0.05) is 16.3 Å². The average Bonchev–Trinajstić information content (AvgIpc) is 2.27. The van der Waals surface area contributed by atoms with Crippen molar-refractivity contribution >= 4 is 27.2 Å². The van der Waals surface area contributed by atoms with Crippen LogP contribution in [0.3, 0.4) is 0 Å². The van der Waals surface area contributed by atoms with Crippen molar-refractivity contribution in [3.05, 3.63) is 34.9 Å². The molecule has 0 fully saturated rings. The molecule has 0 heterocycles. The maximum Gasteiger partial charge on any atom is 0.180 e. The summed E-state index contributed by atoms with van der Waals surface area (Å²) in [5, 5.41) is -0.595. The Morgan fingerprint density at radius 1 is 1.44 bits per heavy atom. The van der Waals surface area contributed by atoms with Gasteiger partial charge in [0.05, 0.1) is 0 Å². The minimum absolute atomic E-state index is 0.0412. The molecule has 5 heteroatoms. The van der Waals surface area contributed by atoms with E-state index in [-0.39, 0.29) is 5.75 Å². The Balaban J connectivity index is 3.04. The molecule has 16 heavy (non-hydrogen) atoms. The van der Waals surface area contributed by atoms with E-state index in [4.69, 9.17) is 11.6 Å². The lowest BCUT2D eigenvalue weighted by Gasteiger charge is -2.10. The highest BCUT2D eigenvalue weighted by Crippen LogP contribution is 2.15. The third-order valence-corrected chi connectivity index (χ3v) is 4.75. The number of ketones is 1. The largest absolute Gasteiger partial charge is 0.293 e. The van der Waals surface area contributed by atoms with Crippen LogP contribution in [0.1, 0.15) is 24.2 Å². The molecular formula is C11H13ClO3S. The summed E-state index contributed by atoms with van der Waals surface area (Å²) < 4.78 is 23.1. The van der Waals surface area contributed by atoms with Gasteiger partial charge in [-0.1, -0.05) is 30.7 Å². The number of rotatable bonds is 4. The smallest absolute Gasteiger partial charge is 0.180 e. The Morgan fingerprint density at radius 2 is 2.06 bits per heavy atom. The Morgan fingerprint density at radius 3 is 2.56 bits per heavy atom. The highest BCUT2D eigenvalue weighted by Gasteiger charge is 2.27. The number of sulfone groups is 1. The van der Waals surface area contributed by atoms with Gasteiger partial charge < -0.3 is 0 Å². The lowest BCUT2D eigenvalue weighted by atomic mass is 10.1. The van der Waals surface area contributed by atoms with Crippen LogP contribution in [0.2, 0.25) is 5.02 Å². The van der Waals surface area contributed by atoms with Crippen LogP contribution in [-0.2, 0) is 9.84 Å². The molecule has 0 saturated carbocycles. The first-order valence-corrected chi connectivity index (χ1v) is 6.99. The van der Waals surface area contributed by atoms with E-state index < -0.39 is 20.9 Å². The van der Waals surface area contributed by atoms with Crippen LogP contribution in [-0.4, -0.2) is 25.2 Å². The molecule has 0 aromatic heterocycles. The van der Waals surface area contributed by atoms with Gasteiger partial charge in [-0.2, -0.15) is 0 Å². The second-order valence-corrected chi connectivity index (χ2v) is 6.51. The zero-order valence-corrected chi connectivity index (χ0v) is 10.7. The van der Waals surface area contributed by atoms with E-state index in [0.29, 0.717) is 10.6 Å². The number of benzene rings is 1. The Labute approximate surface area is 100 Å². The van der Waals surface area contributed by atoms with E-state index >= 15 is 0 Å². The van der Waals surface area contributed by atoms with Gasteiger partial charge in [-0.25, -0.2) is 8.42 Å². The molecule has 0 saturated heterocycles. The van der Waals surface area contributed by atoms with Crippen molar-refractivity contribution in [1.82, 2.24) is 0 Å². The van der Waals surface area contributed by atoms with Gasteiger partial charge >= 0.3 is 0 Å². The van der Waals surface area contributed by atoms with E-state index in [1.165, 1.54) is 19.9 Å². The molecule has 1 atom stereocenters. The SMILES string of the molecule is CCS(=O)(=O)C(C)C(=O)c1cccc(Cl)c1. The molecule has 1 aromatic carbocycles. The predicted molar refractivity (Wildman–Crippen MR) is 64.7 cm³/mol. The van der Waals surface area contributed by atoms with Gasteiger partial charge in [0.15, 0.2) is 15.6 Å². The molecular weight excluding hydrogens is 248 g/mol. The second-order valence-electron chi connectivity index (χ2n) is 3.47. The topological polar surface area (TPSA) is 51.2 Å². The van der Waals surface area contributed by atoms with Crippen LogP contribution in [0.5, 0.6) is 0 Å². The maximum absolute atomic E-state index is 11.9. The molecule has 1 aromatic rings. The Bertz CT molecular complexity index is 494. The van der Waals surface area contributed by atoms with E-state index in [1.54, 1.807) is 18.2 Å². The number of carbonyl (C=O) groups excluding carboxylic acids is 1. The first-order valence-electron chi connectivity index (χ1n) is 4.90. The monoisotopic (exact) mass is 260 g/mol. The second kappa shape index (κ2) is 4.97. The summed E-state index contributed by atoms with van der Waals surface area (Å²) in [5.74, 6) is -0.454. The van der Waals surface area contributed by atoms with Crippen molar-refractivity contribution in [3.8, 4) is 0 Å². The molecule has 0 aliphatic rings. The number of halogens is 1. The summed E-state index contributed by atoms with van der Waals surface area (Å²) in [4.78, 5) is 11.9. The van der Waals surface area contributed by atoms with Crippen molar-refractivity contribution in [2.75, 3.05) is 5.75 Å². The summed E-state index contributed by atoms with van der Waals surface area (Å²) in [6, 6.07) is 6.31. The van der Waals surface area contributed by atoms with Crippen molar-refractivity contribution in [1.29, 1.82) is 0 Å². The number of hydrogen-bond donors (Lipinski definition) is 0. The molecule has 0 aliphatic heterocycles. The number of Topliss-reactive ketones (excluding diaryl/α,β-unsaturated/α-hetero) is 1. The quantitative estimate of drug-likeness (QED) is 0.781. The van der Waals surface area contributed by atoms with Gasteiger partial charge in [0.25, 0.3) is 0 Å². The fourth-order valence-corrected chi connectivity index (χ4v) is 2.44. The molecule has 0 bridgehead atoms. The molecule has 0 aliphatic carbocycles.